The van der Waals surface area contributed by atoms with E-state index in [1.807, 2.05) is 30.3 Å². The van der Waals surface area contributed by atoms with Crippen LogP contribution in [0.1, 0.15) is 23.6 Å². The maximum Gasteiger partial charge on any atom is 0.160 e. The molecule has 0 bridgehead atoms. The Bertz CT molecular complexity index is 2760. The third-order valence-corrected chi connectivity index (χ3v) is 10.6. The third-order valence-electron chi connectivity index (χ3n) is 10.6. The molecule has 10 rings (SSSR count). The van der Waals surface area contributed by atoms with Crippen LogP contribution in [0.4, 0.5) is 0 Å². The van der Waals surface area contributed by atoms with Crippen LogP contribution in [-0.2, 0) is 5.41 Å². The highest BCUT2D eigenvalue weighted by atomic mass is 16.3. The number of fused-ring (bicyclic) bond motifs is 6. The summed E-state index contributed by atoms with van der Waals surface area (Å²) in [6.45, 7) is 2.35. The first-order valence-corrected chi connectivity index (χ1v) is 17.4. The smallest absolute Gasteiger partial charge is 0.160 e. The van der Waals surface area contributed by atoms with Crippen LogP contribution in [0.3, 0.4) is 0 Å². The summed E-state index contributed by atoms with van der Waals surface area (Å²) in [4.78, 5) is 10.5. The number of nitrogens with zero attached hydrogens (tertiary/aromatic N) is 2. The number of hydrogen-bond donors (Lipinski definition) is 0. The van der Waals surface area contributed by atoms with Crippen molar-refractivity contribution in [2.75, 3.05) is 0 Å². The molecule has 1 atom stereocenters. The van der Waals surface area contributed by atoms with Crippen molar-refractivity contribution in [2.24, 2.45) is 0 Å². The van der Waals surface area contributed by atoms with Crippen LogP contribution in [-0.4, -0.2) is 9.97 Å². The molecule has 3 heteroatoms. The summed E-state index contributed by atoms with van der Waals surface area (Å²) in [5.41, 5.74) is 14.9. The van der Waals surface area contributed by atoms with Gasteiger partial charge in [0, 0.05) is 32.9 Å². The van der Waals surface area contributed by atoms with Crippen molar-refractivity contribution < 1.29 is 4.42 Å². The number of hydrogen-bond acceptors (Lipinski definition) is 3. The summed E-state index contributed by atoms with van der Waals surface area (Å²) in [5.74, 6) is 0.701. The average Bonchev–Trinajstić information content (AvgIpc) is 3.71. The fraction of sp³-hybridized carbons (Fsp3) is 0.0417. The molecule has 1 unspecified atom stereocenters. The minimum Gasteiger partial charge on any atom is -0.456 e. The quantitative estimate of drug-likeness (QED) is 0.186. The maximum atomic E-state index is 6.24. The van der Waals surface area contributed by atoms with Crippen LogP contribution in [0.2, 0.25) is 0 Å². The molecule has 51 heavy (non-hydrogen) atoms. The summed E-state index contributed by atoms with van der Waals surface area (Å²) >= 11 is 0. The molecule has 0 aliphatic heterocycles. The van der Waals surface area contributed by atoms with Gasteiger partial charge in [0.15, 0.2) is 5.82 Å². The fourth-order valence-corrected chi connectivity index (χ4v) is 8.05. The SMILES string of the molecule is CC1(c2ccccc2)c2ccccc2-c2c(-c3cc(-c4cccc(-c5ccc6c(c5)oc5ccccc56)c4)nc(-c4ccccc4)n3)cccc21. The van der Waals surface area contributed by atoms with Crippen molar-refractivity contribution in [3.63, 3.8) is 0 Å². The summed E-state index contributed by atoms with van der Waals surface area (Å²) in [7, 11) is 0. The molecular weight excluding hydrogens is 621 g/mol. The van der Waals surface area contributed by atoms with Crippen molar-refractivity contribution >= 4 is 21.9 Å². The number of para-hydroxylation sites is 1. The molecular formula is C48H32N2O. The van der Waals surface area contributed by atoms with Gasteiger partial charge in [-0.3, -0.25) is 0 Å². The standard InChI is InChI=1S/C48H32N2O/c1-48(35-18-6-3-7-19-35)40-23-10-8-21-38(40)46-39(22-13-24-41(46)48)43-30-42(49-47(50-43)31-14-4-2-5-15-31)34-17-12-16-32(28-34)33-26-27-37-36-20-9-11-25-44(36)51-45(37)29-33/h2-30H,1H3. The zero-order valence-electron chi connectivity index (χ0n) is 28.0. The maximum absolute atomic E-state index is 6.24. The Balaban J connectivity index is 1.15. The van der Waals surface area contributed by atoms with E-state index in [1.165, 1.54) is 27.8 Å². The van der Waals surface area contributed by atoms with Gasteiger partial charge in [0.1, 0.15) is 11.2 Å². The van der Waals surface area contributed by atoms with Gasteiger partial charge in [-0.1, -0.05) is 146 Å². The third kappa shape index (κ3) is 4.66. The van der Waals surface area contributed by atoms with E-state index in [0.717, 1.165) is 61.1 Å². The van der Waals surface area contributed by atoms with Gasteiger partial charge < -0.3 is 4.42 Å². The molecule has 0 N–H and O–H groups in total. The topological polar surface area (TPSA) is 38.9 Å². The average molecular weight is 653 g/mol. The van der Waals surface area contributed by atoms with Gasteiger partial charge in [-0.25, -0.2) is 9.97 Å². The second-order valence-corrected chi connectivity index (χ2v) is 13.5. The Morgan fingerprint density at radius 1 is 0.431 bits per heavy atom. The summed E-state index contributed by atoms with van der Waals surface area (Å²) < 4.78 is 6.24. The highest BCUT2D eigenvalue weighted by molar-refractivity contribution is 6.06. The summed E-state index contributed by atoms with van der Waals surface area (Å²) in [5, 5.41) is 2.26. The number of rotatable bonds is 5. The van der Waals surface area contributed by atoms with Crippen LogP contribution in [0.15, 0.2) is 180 Å². The van der Waals surface area contributed by atoms with Crippen molar-refractivity contribution in [1.29, 1.82) is 0 Å². The van der Waals surface area contributed by atoms with E-state index in [9.17, 15) is 0 Å². The summed E-state index contributed by atoms with van der Waals surface area (Å²) in [6.07, 6.45) is 0. The lowest BCUT2D eigenvalue weighted by molar-refractivity contribution is 0.669. The lowest BCUT2D eigenvalue weighted by Gasteiger charge is -2.28. The minimum absolute atomic E-state index is 0.295. The first-order valence-electron chi connectivity index (χ1n) is 17.4. The van der Waals surface area contributed by atoms with E-state index < -0.39 is 0 Å². The van der Waals surface area contributed by atoms with E-state index in [2.05, 4.69) is 153 Å². The van der Waals surface area contributed by atoms with Gasteiger partial charge in [-0.2, -0.15) is 0 Å². The first-order chi connectivity index (χ1) is 25.1. The largest absolute Gasteiger partial charge is 0.456 e. The summed E-state index contributed by atoms with van der Waals surface area (Å²) in [6, 6.07) is 62.1. The van der Waals surface area contributed by atoms with Gasteiger partial charge in [0.2, 0.25) is 0 Å². The predicted octanol–water partition coefficient (Wildman–Crippen LogP) is 12.4. The van der Waals surface area contributed by atoms with Gasteiger partial charge in [0.05, 0.1) is 11.4 Å². The fourth-order valence-electron chi connectivity index (χ4n) is 8.05. The molecule has 9 aromatic rings. The number of aromatic nitrogens is 2. The molecule has 2 heterocycles. The molecule has 1 aliphatic carbocycles. The minimum atomic E-state index is -0.295. The van der Waals surface area contributed by atoms with Gasteiger partial charge in [-0.15, -0.1) is 0 Å². The van der Waals surface area contributed by atoms with Gasteiger partial charge >= 0.3 is 0 Å². The van der Waals surface area contributed by atoms with E-state index in [0.29, 0.717) is 5.82 Å². The molecule has 0 spiro atoms. The molecule has 7 aromatic carbocycles. The number of benzene rings is 7. The second-order valence-electron chi connectivity index (χ2n) is 13.5. The molecule has 0 saturated carbocycles. The van der Waals surface area contributed by atoms with E-state index in [4.69, 9.17) is 14.4 Å². The molecule has 3 nitrogen and oxygen atoms in total. The normalized spacial score (nSPS) is 14.8. The highest BCUT2D eigenvalue weighted by Crippen LogP contribution is 2.55. The van der Waals surface area contributed by atoms with Crippen LogP contribution in [0, 0.1) is 0 Å². The molecule has 1 aliphatic rings. The molecule has 0 radical (unpaired) electrons. The second kappa shape index (κ2) is 11.5. The molecule has 0 amide bonds. The molecule has 0 fully saturated rings. The Labute approximate surface area is 296 Å². The number of furan rings is 1. The Hall–Kier alpha value is -6.58. The lowest BCUT2D eigenvalue weighted by atomic mass is 9.74. The zero-order chi connectivity index (χ0) is 33.9. The molecule has 0 saturated heterocycles. The Morgan fingerprint density at radius 2 is 1.06 bits per heavy atom. The van der Waals surface area contributed by atoms with Crippen LogP contribution in [0.25, 0.3) is 78.1 Å². The highest BCUT2D eigenvalue weighted by Gasteiger charge is 2.41. The molecule has 2 aromatic heterocycles. The van der Waals surface area contributed by atoms with Crippen molar-refractivity contribution in [3.8, 4) is 56.2 Å². The Kier molecular flexibility index (Phi) is 6.62. The van der Waals surface area contributed by atoms with Crippen molar-refractivity contribution in [1.82, 2.24) is 9.97 Å². The van der Waals surface area contributed by atoms with Gasteiger partial charge in [0.25, 0.3) is 0 Å². The van der Waals surface area contributed by atoms with Gasteiger partial charge in [-0.05, 0) is 76.2 Å². The molecule has 240 valence electrons. The Morgan fingerprint density at radius 3 is 1.94 bits per heavy atom. The van der Waals surface area contributed by atoms with E-state index in [1.54, 1.807) is 0 Å². The van der Waals surface area contributed by atoms with Crippen LogP contribution >= 0.6 is 0 Å². The lowest BCUT2D eigenvalue weighted by Crippen LogP contribution is -2.22. The van der Waals surface area contributed by atoms with Crippen molar-refractivity contribution in [3.05, 3.63) is 193 Å². The van der Waals surface area contributed by atoms with Crippen LogP contribution < -0.4 is 0 Å². The van der Waals surface area contributed by atoms with E-state index in [-0.39, 0.29) is 5.41 Å². The monoisotopic (exact) mass is 652 g/mol. The first kappa shape index (κ1) is 29.3. The van der Waals surface area contributed by atoms with Crippen LogP contribution in [0.5, 0.6) is 0 Å². The zero-order valence-corrected chi connectivity index (χ0v) is 28.0. The van der Waals surface area contributed by atoms with Crippen molar-refractivity contribution in [2.45, 2.75) is 12.3 Å². The predicted molar refractivity (Wildman–Crippen MR) is 208 cm³/mol. The van der Waals surface area contributed by atoms with E-state index >= 15 is 0 Å².